The van der Waals surface area contributed by atoms with E-state index in [0.717, 1.165) is 52.0 Å². The smallest absolute Gasteiger partial charge is 0.0777 e. The Labute approximate surface area is 123 Å². The zero-order chi connectivity index (χ0) is 14.6. The minimum atomic E-state index is -0.148. The van der Waals surface area contributed by atoms with Crippen LogP contribution in [0.5, 0.6) is 0 Å². The van der Waals surface area contributed by atoms with E-state index in [4.69, 9.17) is 14.2 Å². The molecule has 118 valence electrons. The molecule has 0 saturated carbocycles. The summed E-state index contributed by atoms with van der Waals surface area (Å²) in [5.41, 5.74) is -0.0942. The van der Waals surface area contributed by atoms with E-state index in [-0.39, 0.29) is 11.2 Å². The normalized spacial score (nSPS) is 28.5. The van der Waals surface area contributed by atoms with E-state index in [0.29, 0.717) is 12.0 Å². The Hall–Kier alpha value is -0.160. The van der Waals surface area contributed by atoms with Gasteiger partial charge in [0.05, 0.1) is 11.2 Å². The van der Waals surface area contributed by atoms with Gasteiger partial charge in [0.1, 0.15) is 0 Å². The van der Waals surface area contributed by atoms with Crippen molar-refractivity contribution in [3.63, 3.8) is 0 Å². The summed E-state index contributed by atoms with van der Waals surface area (Å²) in [4.78, 5) is 0. The van der Waals surface area contributed by atoms with E-state index in [1.54, 1.807) is 0 Å². The number of nitrogens with one attached hydrogen (secondary N) is 1. The lowest BCUT2D eigenvalue weighted by Crippen LogP contribution is -2.57. The van der Waals surface area contributed by atoms with E-state index in [1.165, 1.54) is 0 Å². The zero-order valence-electron chi connectivity index (χ0n) is 13.5. The number of ether oxygens (including phenoxy) is 3. The topological polar surface area (TPSA) is 39.7 Å². The number of methoxy groups -OCH3 is 1. The van der Waals surface area contributed by atoms with Crippen LogP contribution in [0, 0.1) is 5.92 Å². The Bertz CT molecular complexity index is 295. The zero-order valence-corrected chi connectivity index (χ0v) is 13.5. The van der Waals surface area contributed by atoms with Gasteiger partial charge < -0.3 is 19.5 Å². The van der Waals surface area contributed by atoms with E-state index < -0.39 is 0 Å². The van der Waals surface area contributed by atoms with Crippen molar-refractivity contribution in [3.05, 3.63) is 0 Å². The second-order valence-corrected chi connectivity index (χ2v) is 6.74. The molecule has 2 fully saturated rings. The quantitative estimate of drug-likeness (QED) is 0.842. The number of hydrogen-bond acceptors (Lipinski definition) is 4. The molecule has 0 aliphatic carbocycles. The molecule has 4 heteroatoms. The summed E-state index contributed by atoms with van der Waals surface area (Å²) in [6, 6.07) is 0.376. The Balaban J connectivity index is 2.08. The van der Waals surface area contributed by atoms with Gasteiger partial charge in [-0.05, 0) is 52.0 Å². The van der Waals surface area contributed by atoms with Crippen LogP contribution in [-0.2, 0) is 14.2 Å². The third kappa shape index (κ3) is 3.53. The highest BCUT2D eigenvalue weighted by atomic mass is 16.5. The maximum absolute atomic E-state index is 6.16. The van der Waals surface area contributed by atoms with Crippen molar-refractivity contribution in [3.8, 4) is 0 Å². The third-order valence-electron chi connectivity index (χ3n) is 5.11. The molecule has 2 heterocycles. The highest BCUT2D eigenvalue weighted by Crippen LogP contribution is 2.40. The lowest BCUT2D eigenvalue weighted by molar-refractivity contribution is -0.159. The third-order valence-corrected chi connectivity index (χ3v) is 5.11. The van der Waals surface area contributed by atoms with Gasteiger partial charge in [-0.2, -0.15) is 0 Å². The fourth-order valence-electron chi connectivity index (χ4n) is 3.77. The van der Waals surface area contributed by atoms with Crippen molar-refractivity contribution in [2.24, 2.45) is 5.92 Å². The van der Waals surface area contributed by atoms with Gasteiger partial charge in [-0.25, -0.2) is 0 Å². The number of rotatable bonds is 5. The molecule has 4 nitrogen and oxygen atoms in total. The van der Waals surface area contributed by atoms with Crippen LogP contribution in [-0.4, -0.2) is 50.7 Å². The fourth-order valence-corrected chi connectivity index (χ4v) is 3.77. The predicted molar refractivity (Wildman–Crippen MR) is 80.0 cm³/mol. The van der Waals surface area contributed by atoms with Gasteiger partial charge in [0.15, 0.2) is 0 Å². The largest absolute Gasteiger partial charge is 0.381 e. The summed E-state index contributed by atoms with van der Waals surface area (Å²) in [6.45, 7) is 10.1. The van der Waals surface area contributed by atoms with E-state index >= 15 is 0 Å². The first kappa shape index (κ1) is 16.2. The molecule has 0 bridgehead atoms. The van der Waals surface area contributed by atoms with Gasteiger partial charge in [-0.1, -0.05) is 6.92 Å². The molecule has 2 aliphatic heterocycles. The van der Waals surface area contributed by atoms with Crippen molar-refractivity contribution < 1.29 is 14.2 Å². The molecule has 0 radical (unpaired) electrons. The minimum Gasteiger partial charge on any atom is -0.381 e. The molecule has 0 aromatic heterocycles. The molecule has 20 heavy (non-hydrogen) atoms. The molecule has 0 aromatic carbocycles. The van der Waals surface area contributed by atoms with Crippen LogP contribution in [0.3, 0.4) is 0 Å². The van der Waals surface area contributed by atoms with E-state index in [9.17, 15) is 0 Å². The first-order valence-electron chi connectivity index (χ1n) is 8.03. The van der Waals surface area contributed by atoms with Crippen molar-refractivity contribution in [2.45, 2.75) is 63.7 Å². The van der Waals surface area contributed by atoms with E-state index in [1.807, 2.05) is 7.11 Å². The van der Waals surface area contributed by atoms with Crippen LogP contribution in [0.25, 0.3) is 0 Å². The van der Waals surface area contributed by atoms with Crippen LogP contribution in [0.1, 0.15) is 46.5 Å². The van der Waals surface area contributed by atoms with Crippen LogP contribution in [0.2, 0.25) is 0 Å². The van der Waals surface area contributed by atoms with Crippen LogP contribution in [0.4, 0.5) is 0 Å². The Morgan fingerprint density at radius 1 is 1.30 bits per heavy atom. The highest BCUT2D eigenvalue weighted by molar-refractivity contribution is 4.97. The summed E-state index contributed by atoms with van der Waals surface area (Å²) >= 11 is 0. The van der Waals surface area contributed by atoms with Crippen LogP contribution in [0.15, 0.2) is 0 Å². The summed E-state index contributed by atoms with van der Waals surface area (Å²) < 4.78 is 17.4. The van der Waals surface area contributed by atoms with Crippen molar-refractivity contribution in [1.82, 2.24) is 5.32 Å². The first-order chi connectivity index (χ1) is 9.53. The molecule has 2 aliphatic rings. The summed E-state index contributed by atoms with van der Waals surface area (Å²) in [5, 5.41) is 3.65. The van der Waals surface area contributed by atoms with Crippen molar-refractivity contribution >= 4 is 0 Å². The van der Waals surface area contributed by atoms with Gasteiger partial charge in [-0.15, -0.1) is 0 Å². The maximum Gasteiger partial charge on any atom is 0.0777 e. The molecule has 1 spiro atoms. The summed E-state index contributed by atoms with van der Waals surface area (Å²) in [7, 11) is 1.81. The summed E-state index contributed by atoms with van der Waals surface area (Å²) in [6.07, 6.45) is 4.32. The fraction of sp³-hybridized carbons (Fsp3) is 1.00. The van der Waals surface area contributed by atoms with Gasteiger partial charge in [-0.3, -0.25) is 0 Å². The first-order valence-corrected chi connectivity index (χ1v) is 8.03. The monoisotopic (exact) mass is 285 g/mol. The Morgan fingerprint density at radius 2 is 2.00 bits per heavy atom. The van der Waals surface area contributed by atoms with Crippen molar-refractivity contribution in [1.29, 1.82) is 0 Å². The van der Waals surface area contributed by atoms with Crippen LogP contribution >= 0.6 is 0 Å². The van der Waals surface area contributed by atoms with Gasteiger partial charge in [0.25, 0.3) is 0 Å². The van der Waals surface area contributed by atoms with Gasteiger partial charge >= 0.3 is 0 Å². The average Bonchev–Trinajstić information content (AvgIpc) is 2.45. The average molecular weight is 285 g/mol. The second-order valence-electron chi connectivity index (χ2n) is 6.74. The highest BCUT2D eigenvalue weighted by Gasteiger charge is 2.44. The Kier molecular flexibility index (Phi) is 5.46. The molecule has 2 atom stereocenters. The molecule has 0 aromatic rings. The molecule has 2 unspecified atom stereocenters. The SMILES string of the molecule is CCNC(C1CCOC2(CCOCC2)C1)C(C)(C)OC. The lowest BCUT2D eigenvalue weighted by atomic mass is 9.74. The second kappa shape index (κ2) is 6.73. The standard InChI is InChI=1S/C16H31NO3/c1-5-17-14(15(2,3)18-4)13-6-9-20-16(12-13)7-10-19-11-8-16/h13-14,17H,5-12H2,1-4H3. The molecule has 2 saturated heterocycles. The number of likely N-dealkylation sites (N-methyl/N-ethyl adjacent to an activating group) is 1. The molecule has 2 rings (SSSR count). The number of hydrogen-bond donors (Lipinski definition) is 1. The maximum atomic E-state index is 6.16. The van der Waals surface area contributed by atoms with Crippen molar-refractivity contribution in [2.75, 3.05) is 33.5 Å². The lowest BCUT2D eigenvalue weighted by Gasteiger charge is -2.48. The Morgan fingerprint density at radius 3 is 2.60 bits per heavy atom. The summed E-state index contributed by atoms with van der Waals surface area (Å²) in [5.74, 6) is 0.608. The molecule has 1 N–H and O–H groups in total. The minimum absolute atomic E-state index is 0.0542. The molecular formula is C16H31NO3. The van der Waals surface area contributed by atoms with Crippen LogP contribution < -0.4 is 5.32 Å². The molecule has 0 amide bonds. The van der Waals surface area contributed by atoms with E-state index in [2.05, 4.69) is 26.1 Å². The van der Waals surface area contributed by atoms with Gasteiger partial charge in [0, 0.05) is 33.0 Å². The van der Waals surface area contributed by atoms with Gasteiger partial charge in [0.2, 0.25) is 0 Å². The molecular weight excluding hydrogens is 254 g/mol. The predicted octanol–water partition coefficient (Wildman–Crippen LogP) is 2.37.